The zero-order valence-electron chi connectivity index (χ0n) is 19.4. The molecule has 188 valence electrons. The van der Waals surface area contributed by atoms with Gasteiger partial charge in [0.1, 0.15) is 18.7 Å². The van der Waals surface area contributed by atoms with Crippen molar-refractivity contribution in [1.82, 2.24) is 10.5 Å². The van der Waals surface area contributed by atoms with Gasteiger partial charge in [0.2, 0.25) is 0 Å². The molecule has 5 rings (SSSR count). The standard InChI is InChI=1S/C23H27FN4O7/c1-23(2)32-13-19(35-23)21(29)25-14-5-7-27(10-14)18-4-3-15(9-17(18)24)28-11-16(34-22(28)30)12-31-20-6-8-33-26-20/h3-4,6,8-9,14,16,19H,5,7,10-13H2,1-2H3,(H,25,29)/t14-,16+,19-/m0/s1. The molecule has 11 nitrogen and oxygen atoms in total. The molecule has 1 N–H and O–H groups in total. The molecule has 0 saturated carbocycles. The summed E-state index contributed by atoms with van der Waals surface area (Å²) in [7, 11) is 0. The summed E-state index contributed by atoms with van der Waals surface area (Å²) in [5.41, 5.74) is 0.802. The average molecular weight is 490 g/mol. The van der Waals surface area contributed by atoms with Gasteiger partial charge in [0.15, 0.2) is 18.0 Å². The van der Waals surface area contributed by atoms with Gasteiger partial charge in [0.25, 0.3) is 11.8 Å². The van der Waals surface area contributed by atoms with Crippen molar-refractivity contribution >= 4 is 23.4 Å². The summed E-state index contributed by atoms with van der Waals surface area (Å²) >= 11 is 0. The maximum Gasteiger partial charge on any atom is 0.414 e. The van der Waals surface area contributed by atoms with E-state index < -0.39 is 29.9 Å². The predicted octanol–water partition coefficient (Wildman–Crippen LogP) is 2.06. The molecule has 3 aliphatic heterocycles. The summed E-state index contributed by atoms with van der Waals surface area (Å²) in [6, 6.07) is 6.05. The Kier molecular flexibility index (Phi) is 6.24. The number of hydrogen-bond donors (Lipinski definition) is 1. The highest BCUT2D eigenvalue weighted by Gasteiger charge is 2.38. The molecule has 0 bridgehead atoms. The quantitative estimate of drug-likeness (QED) is 0.623. The molecular formula is C23H27FN4O7. The van der Waals surface area contributed by atoms with Crippen LogP contribution in [0.1, 0.15) is 20.3 Å². The Balaban J connectivity index is 1.16. The number of ether oxygens (including phenoxy) is 4. The molecule has 0 spiro atoms. The normalized spacial score (nSPS) is 25.7. The van der Waals surface area contributed by atoms with Crippen LogP contribution >= 0.6 is 0 Å². The Bertz CT molecular complexity index is 1080. The number of aromatic nitrogens is 1. The highest BCUT2D eigenvalue weighted by molar-refractivity contribution is 5.90. The molecule has 0 radical (unpaired) electrons. The fourth-order valence-corrected chi connectivity index (χ4v) is 4.40. The largest absolute Gasteiger partial charge is 0.471 e. The van der Waals surface area contributed by atoms with Crippen LogP contribution in [0.3, 0.4) is 0 Å². The average Bonchev–Trinajstić information content (AvgIpc) is 3.60. The molecule has 35 heavy (non-hydrogen) atoms. The maximum atomic E-state index is 15.0. The van der Waals surface area contributed by atoms with E-state index >= 15 is 4.39 Å². The first-order chi connectivity index (χ1) is 16.8. The minimum absolute atomic E-state index is 0.103. The molecule has 12 heteroatoms. The molecule has 4 heterocycles. The van der Waals surface area contributed by atoms with Crippen molar-refractivity contribution in [3.05, 3.63) is 36.3 Å². The zero-order valence-corrected chi connectivity index (χ0v) is 19.4. The first-order valence-corrected chi connectivity index (χ1v) is 11.5. The number of amides is 2. The first-order valence-electron chi connectivity index (χ1n) is 11.5. The van der Waals surface area contributed by atoms with Crippen molar-refractivity contribution in [1.29, 1.82) is 0 Å². The van der Waals surface area contributed by atoms with Gasteiger partial charge in [-0.15, -0.1) is 0 Å². The Hall–Kier alpha value is -3.38. The van der Waals surface area contributed by atoms with Crippen LogP contribution in [0.25, 0.3) is 0 Å². The number of nitrogens with one attached hydrogen (secondary N) is 1. The second-order valence-corrected chi connectivity index (χ2v) is 9.16. The Morgan fingerprint density at radius 1 is 1.31 bits per heavy atom. The van der Waals surface area contributed by atoms with Crippen LogP contribution in [0.5, 0.6) is 5.88 Å². The van der Waals surface area contributed by atoms with E-state index in [1.54, 1.807) is 32.0 Å². The Morgan fingerprint density at radius 2 is 2.17 bits per heavy atom. The van der Waals surface area contributed by atoms with Crippen molar-refractivity contribution in [2.45, 2.75) is 44.3 Å². The van der Waals surface area contributed by atoms with E-state index in [-0.39, 0.29) is 31.7 Å². The highest BCUT2D eigenvalue weighted by Crippen LogP contribution is 2.30. The lowest BCUT2D eigenvalue weighted by molar-refractivity contribution is -0.153. The minimum atomic E-state index is -0.777. The van der Waals surface area contributed by atoms with Gasteiger partial charge in [-0.3, -0.25) is 9.69 Å². The number of cyclic esters (lactones) is 1. The second-order valence-electron chi connectivity index (χ2n) is 9.16. The summed E-state index contributed by atoms with van der Waals surface area (Å²) in [6.45, 7) is 5.10. The number of nitrogens with zero attached hydrogens (tertiary/aromatic N) is 3. The van der Waals surface area contributed by atoms with Crippen LogP contribution in [0, 0.1) is 5.82 Å². The SMILES string of the molecule is CC1(C)OC[C@@H](C(=O)N[C@H]2CCN(c3ccc(N4C[C@H](COc5ccon5)OC4=O)cc3F)C2)O1. The van der Waals surface area contributed by atoms with Crippen LogP contribution in [0.4, 0.5) is 20.6 Å². The van der Waals surface area contributed by atoms with Crippen LogP contribution in [-0.4, -0.2) is 74.0 Å². The van der Waals surface area contributed by atoms with Gasteiger partial charge < -0.3 is 33.7 Å². The number of halogens is 1. The third-order valence-electron chi connectivity index (χ3n) is 6.12. The van der Waals surface area contributed by atoms with Crippen molar-refractivity contribution in [3.8, 4) is 5.88 Å². The molecule has 0 aliphatic carbocycles. The van der Waals surface area contributed by atoms with Crippen molar-refractivity contribution in [3.63, 3.8) is 0 Å². The monoisotopic (exact) mass is 490 g/mol. The topological polar surface area (TPSA) is 116 Å². The molecule has 2 aromatic rings. The number of carbonyl (C=O) groups is 2. The van der Waals surface area contributed by atoms with E-state index in [0.29, 0.717) is 36.8 Å². The zero-order chi connectivity index (χ0) is 24.6. The van der Waals surface area contributed by atoms with E-state index in [9.17, 15) is 9.59 Å². The van der Waals surface area contributed by atoms with Gasteiger partial charge >= 0.3 is 6.09 Å². The number of anilines is 2. The lowest BCUT2D eigenvalue weighted by atomic mass is 10.2. The van der Waals surface area contributed by atoms with E-state index in [1.165, 1.54) is 17.2 Å². The molecule has 2 amide bonds. The van der Waals surface area contributed by atoms with Crippen molar-refractivity contribution in [2.75, 3.05) is 42.6 Å². The fraction of sp³-hybridized carbons (Fsp3) is 0.522. The van der Waals surface area contributed by atoms with Crippen molar-refractivity contribution in [2.24, 2.45) is 0 Å². The summed E-state index contributed by atoms with van der Waals surface area (Å²) < 4.78 is 41.5. The molecule has 1 aromatic carbocycles. The summed E-state index contributed by atoms with van der Waals surface area (Å²) in [6.07, 6.45) is 0.305. The predicted molar refractivity (Wildman–Crippen MR) is 120 cm³/mol. The fourth-order valence-electron chi connectivity index (χ4n) is 4.40. The maximum absolute atomic E-state index is 15.0. The lowest BCUT2D eigenvalue weighted by Gasteiger charge is -2.22. The highest BCUT2D eigenvalue weighted by atomic mass is 19.1. The molecule has 3 fully saturated rings. The third-order valence-corrected chi connectivity index (χ3v) is 6.12. The third kappa shape index (κ3) is 5.17. The number of benzene rings is 1. The molecule has 0 unspecified atom stereocenters. The van der Waals surface area contributed by atoms with Crippen LogP contribution in [0.2, 0.25) is 0 Å². The van der Waals surface area contributed by atoms with E-state index in [4.69, 9.17) is 23.5 Å². The molecule has 1 aromatic heterocycles. The molecule has 3 aliphatic rings. The molecule has 3 saturated heterocycles. The van der Waals surface area contributed by atoms with Crippen LogP contribution < -0.4 is 19.9 Å². The number of carbonyl (C=O) groups excluding carboxylic acids is 2. The number of rotatable bonds is 7. The molecule has 3 atom stereocenters. The first kappa shape index (κ1) is 23.4. The van der Waals surface area contributed by atoms with Gasteiger partial charge in [-0.05, 0) is 43.6 Å². The van der Waals surface area contributed by atoms with E-state index in [1.807, 2.05) is 4.90 Å². The van der Waals surface area contributed by atoms with Crippen LogP contribution in [-0.2, 0) is 19.0 Å². The van der Waals surface area contributed by atoms with Crippen molar-refractivity contribution < 1.29 is 37.5 Å². The van der Waals surface area contributed by atoms with E-state index in [2.05, 4.69) is 10.5 Å². The minimum Gasteiger partial charge on any atom is -0.471 e. The molecular weight excluding hydrogens is 463 g/mol. The van der Waals surface area contributed by atoms with Gasteiger partial charge in [-0.25, -0.2) is 9.18 Å². The Morgan fingerprint density at radius 3 is 2.89 bits per heavy atom. The smallest absolute Gasteiger partial charge is 0.414 e. The number of hydrogen-bond acceptors (Lipinski definition) is 9. The van der Waals surface area contributed by atoms with Crippen LogP contribution in [0.15, 0.2) is 35.1 Å². The lowest BCUT2D eigenvalue weighted by Crippen LogP contribution is -2.44. The van der Waals surface area contributed by atoms with Gasteiger partial charge in [-0.1, -0.05) is 0 Å². The summed E-state index contributed by atoms with van der Waals surface area (Å²) in [5, 5.41) is 6.61. The van der Waals surface area contributed by atoms with E-state index in [0.717, 1.165) is 0 Å². The van der Waals surface area contributed by atoms with Gasteiger partial charge in [0, 0.05) is 25.2 Å². The van der Waals surface area contributed by atoms with Gasteiger partial charge in [0.05, 0.1) is 24.5 Å². The summed E-state index contributed by atoms with van der Waals surface area (Å²) in [5.74, 6) is -1.17. The Labute approximate surface area is 201 Å². The summed E-state index contributed by atoms with van der Waals surface area (Å²) in [4.78, 5) is 28.0. The second kappa shape index (κ2) is 9.34. The van der Waals surface area contributed by atoms with Gasteiger partial charge in [-0.2, -0.15) is 0 Å².